The number of carbonyl (C=O) groups is 2. The van der Waals surface area contributed by atoms with Crippen LogP contribution in [-0.4, -0.2) is 34.0 Å². The van der Waals surface area contributed by atoms with E-state index in [1.54, 1.807) is 14.2 Å². The summed E-state index contributed by atoms with van der Waals surface area (Å²) >= 11 is 0.781. The Hall–Kier alpha value is -2.73. The van der Waals surface area contributed by atoms with E-state index in [4.69, 9.17) is 4.74 Å². The molecule has 1 atom stereocenters. The van der Waals surface area contributed by atoms with Gasteiger partial charge in [0, 0.05) is 48.0 Å². The normalized spacial score (nSPS) is 17.3. The van der Waals surface area contributed by atoms with Crippen molar-refractivity contribution < 1.29 is 14.3 Å². The largest absolute Gasteiger partial charge is 0.497 e. The molecule has 1 saturated heterocycles. The molecule has 0 saturated carbocycles. The number of hydrogen-bond donors (Lipinski definition) is 0. The van der Waals surface area contributed by atoms with Crippen LogP contribution in [0.3, 0.4) is 0 Å². The van der Waals surface area contributed by atoms with E-state index in [9.17, 15) is 9.59 Å². The fourth-order valence-electron chi connectivity index (χ4n) is 3.40. The van der Waals surface area contributed by atoms with Crippen LogP contribution in [0.1, 0.15) is 17.2 Å². The Morgan fingerprint density at radius 1 is 1.12 bits per heavy atom. The van der Waals surface area contributed by atoms with E-state index in [-0.39, 0.29) is 10.4 Å². The fourth-order valence-corrected chi connectivity index (χ4v) is 4.22. The molecule has 1 fully saturated rings. The third kappa shape index (κ3) is 2.76. The zero-order valence-corrected chi connectivity index (χ0v) is 15.3. The van der Waals surface area contributed by atoms with Gasteiger partial charge in [0.25, 0.3) is 5.24 Å². The second-order valence-corrected chi connectivity index (χ2v) is 7.24. The van der Waals surface area contributed by atoms with Crippen LogP contribution in [0.4, 0.5) is 4.79 Å². The zero-order valence-electron chi connectivity index (χ0n) is 14.5. The maximum absolute atomic E-state index is 12.4. The van der Waals surface area contributed by atoms with Gasteiger partial charge in [-0.2, -0.15) is 0 Å². The molecule has 1 aromatic heterocycles. The molecule has 0 bridgehead atoms. The maximum atomic E-state index is 12.4. The van der Waals surface area contributed by atoms with Crippen molar-refractivity contribution in [2.75, 3.05) is 14.2 Å². The van der Waals surface area contributed by atoms with Gasteiger partial charge in [0.15, 0.2) is 0 Å². The lowest BCUT2D eigenvalue weighted by molar-refractivity contribution is -0.113. The first kappa shape index (κ1) is 16.7. The topological polar surface area (TPSA) is 51.5 Å². The molecule has 2 heterocycles. The number of para-hydroxylation sites is 1. The first-order valence-electron chi connectivity index (χ1n) is 8.27. The number of benzene rings is 2. The molecule has 2 aromatic carbocycles. The van der Waals surface area contributed by atoms with Crippen LogP contribution in [0.5, 0.6) is 5.75 Å². The molecule has 1 unspecified atom stereocenters. The quantitative estimate of drug-likeness (QED) is 0.699. The highest BCUT2D eigenvalue weighted by molar-refractivity contribution is 8.26. The van der Waals surface area contributed by atoms with Crippen LogP contribution in [0.15, 0.2) is 54.7 Å². The number of rotatable bonds is 4. The summed E-state index contributed by atoms with van der Waals surface area (Å²) in [5, 5.41) is 0.669. The number of carbonyl (C=O) groups excluding carboxylic acids is 2. The molecule has 4 rings (SSSR count). The second kappa shape index (κ2) is 6.53. The fraction of sp³-hybridized carbons (Fsp3) is 0.200. The van der Waals surface area contributed by atoms with Gasteiger partial charge >= 0.3 is 0 Å². The van der Waals surface area contributed by atoms with E-state index in [1.165, 1.54) is 4.90 Å². The lowest BCUT2D eigenvalue weighted by Gasteiger charge is -2.16. The third-order valence-electron chi connectivity index (χ3n) is 4.69. The summed E-state index contributed by atoms with van der Waals surface area (Å²) in [6.45, 7) is 0.656. The number of nitrogens with zero attached hydrogens (tertiary/aromatic N) is 2. The van der Waals surface area contributed by atoms with Gasteiger partial charge in [0.1, 0.15) is 11.8 Å². The van der Waals surface area contributed by atoms with Crippen LogP contribution in [-0.2, 0) is 11.3 Å². The monoisotopic (exact) mass is 366 g/mol. The molecule has 1 aliphatic rings. The molecule has 6 heteroatoms. The molecule has 0 radical (unpaired) electrons. The highest BCUT2D eigenvalue weighted by atomic mass is 32.2. The van der Waals surface area contributed by atoms with Crippen molar-refractivity contribution in [2.24, 2.45) is 0 Å². The van der Waals surface area contributed by atoms with Crippen molar-refractivity contribution in [2.45, 2.75) is 12.6 Å². The zero-order chi connectivity index (χ0) is 18.3. The van der Waals surface area contributed by atoms with E-state index in [1.807, 2.05) is 54.7 Å². The van der Waals surface area contributed by atoms with Crippen LogP contribution >= 0.6 is 11.8 Å². The minimum atomic E-state index is -0.538. The molecule has 132 valence electrons. The van der Waals surface area contributed by atoms with Crippen molar-refractivity contribution in [1.82, 2.24) is 9.47 Å². The molecule has 1 aliphatic heterocycles. The van der Waals surface area contributed by atoms with E-state index < -0.39 is 6.04 Å². The number of methoxy groups -OCH3 is 1. The van der Waals surface area contributed by atoms with Crippen LogP contribution in [0.2, 0.25) is 0 Å². The van der Waals surface area contributed by atoms with E-state index >= 15 is 0 Å². The summed E-state index contributed by atoms with van der Waals surface area (Å²) < 4.78 is 7.42. The Labute approximate surface area is 155 Å². The van der Waals surface area contributed by atoms with Gasteiger partial charge < -0.3 is 14.2 Å². The average Bonchev–Trinajstić information content (AvgIpc) is 3.12. The Bertz CT molecular complexity index is 1010. The smallest absolute Gasteiger partial charge is 0.289 e. The summed E-state index contributed by atoms with van der Waals surface area (Å²) in [6, 6.07) is 15.4. The third-order valence-corrected chi connectivity index (χ3v) is 5.57. The van der Waals surface area contributed by atoms with Crippen molar-refractivity contribution in [1.29, 1.82) is 0 Å². The Kier molecular flexibility index (Phi) is 4.20. The first-order chi connectivity index (χ1) is 12.6. The number of likely N-dealkylation sites (N-methyl/N-ethyl adjacent to an activating group) is 1. The highest BCUT2D eigenvalue weighted by Crippen LogP contribution is 2.39. The Balaban J connectivity index is 1.79. The Morgan fingerprint density at radius 2 is 1.92 bits per heavy atom. The molecule has 26 heavy (non-hydrogen) atoms. The lowest BCUT2D eigenvalue weighted by atomic mass is 10.1. The summed E-state index contributed by atoms with van der Waals surface area (Å²) in [5.74, 6) is 0.812. The van der Waals surface area contributed by atoms with Gasteiger partial charge in [-0.05, 0) is 23.8 Å². The van der Waals surface area contributed by atoms with Crippen molar-refractivity contribution in [3.63, 3.8) is 0 Å². The van der Waals surface area contributed by atoms with Crippen LogP contribution < -0.4 is 4.74 Å². The number of hydrogen-bond acceptors (Lipinski definition) is 4. The van der Waals surface area contributed by atoms with Gasteiger partial charge in [-0.25, -0.2) is 0 Å². The van der Waals surface area contributed by atoms with Gasteiger partial charge in [-0.3, -0.25) is 9.59 Å². The lowest BCUT2D eigenvalue weighted by Crippen LogP contribution is -2.23. The summed E-state index contributed by atoms with van der Waals surface area (Å²) in [4.78, 5) is 25.8. The van der Waals surface area contributed by atoms with Crippen molar-refractivity contribution in [3.05, 3.63) is 65.9 Å². The molecule has 0 N–H and O–H groups in total. The highest BCUT2D eigenvalue weighted by Gasteiger charge is 2.39. The first-order valence-corrected chi connectivity index (χ1v) is 9.09. The number of ether oxygens (including phenoxy) is 1. The number of aromatic nitrogens is 1. The summed E-state index contributed by atoms with van der Waals surface area (Å²) in [6.07, 6.45) is 1.99. The number of fused-ring (bicyclic) bond motifs is 1. The molecule has 1 amide bonds. The maximum Gasteiger partial charge on any atom is 0.289 e. The number of thioether (sulfide) groups is 1. The van der Waals surface area contributed by atoms with Gasteiger partial charge in [-0.15, -0.1) is 0 Å². The SMILES string of the molecule is COc1cccc(Cn2cc(C3C(=O)SC(=O)N3C)c3ccccc32)c1. The van der Waals surface area contributed by atoms with E-state index in [0.29, 0.717) is 6.54 Å². The van der Waals surface area contributed by atoms with Crippen molar-refractivity contribution >= 4 is 33.0 Å². The minimum absolute atomic E-state index is 0.123. The second-order valence-electron chi connectivity index (χ2n) is 6.28. The minimum Gasteiger partial charge on any atom is -0.497 e. The van der Waals surface area contributed by atoms with Crippen molar-refractivity contribution in [3.8, 4) is 5.75 Å². The molecule has 5 nitrogen and oxygen atoms in total. The molecule has 0 spiro atoms. The van der Waals surface area contributed by atoms with Gasteiger partial charge in [0.05, 0.1) is 7.11 Å². The Morgan fingerprint density at radius 3 is 2.65 bits per heavy atom. The molecule has 0 aliphatic carbocycles. The molecule has 3 aromatic rings. The predicted octanol–water partition coefficient (Wildman–Crippen LogP) is 4.06. The van der Waals surface area contributed by atoms with Crippen LogP contribution in [0.25, 0.3) is 10.9 Å². The molecular formula is C20H18N2O3S. The molecular weight excluding hydrogens is 348 g/mol. The van der Waals surface area contributed by atoms with E-state index in [0.717, 1.165) is 39.5 Å². The van der Waals surface area contributed by atoms with Gasteiger partial charge in [-0.1, -0.05) is 30.3 Å². The van der Waals surface area contributed by atoms with Gasteiger partial charge in [0.2, 0.25) is 5.12 Å². The van der Waals surface area contributed by atoms with E-state index in [2.05, 4.69) is 4.57 Å². The summed E-state index contributed by atoms with van der Waals surface area (Å²) in [7, 11) is 3.33. The standard InChI is InChI=1S/C20H18N2O3S/c1-21-18(19(23)26-20(21)24)16-12-22(17-9-4-3-8-15(16)17)11-13-6-5-7-14(10-13)25-2/h3-10,12,18H,11H2,1-2H3. The summed E-state index contributed by atoms with van der Waals surface area (Å²) in [5.41, 5.74) is 3.01. The van der Waals surface area contributed by atoms with Crippen LogP contribution in [0, 0.1) is 0 Å². The number of amides is 1. The predicted molar refractivity (Wildman–Crippen MR) is 103 cm³/mol. The average molecular weight is 366 g/mol.